The number of nitrogens with zero attached hydrogens (tertiary/aromatic N) is 3. The molecule has 0 atom stereocenters. The Morgan fingerprint density at radius 1 is 1.04 bits per heavy atom. The maximum atomic E-state index is 12.1. The molecule has 0 aliphatic rings. The summed E-state index contributed by atoms with van der Waals surface area (Å²) in [6.07, 6.45) is 1.35. The van der Waals surface area contributed by atoms with Crippen molar-refractivity contribution in [3.8, 4) is 5.82 Å². The van der Waals surface area contributed by atoms with Crippen molar-refractivity contribution in [3.05, 3.63) is 77.2 Å². The van der Waals surface area contributed by atoms with Gasteiger partial charge in [-0.2, -0.15) is 5.10 Å². The third-order valence-corrected chi connectivity index (χ3v) is 3.83. The van der Waals surface area contributed by atoms with E-state index in [1.165, 1.54) is 12.3 Å². The smallest absolute Gasteiger partial charge is 0.340 e. The van der Waals surface area contributed by atoms with Crippen LogP contribution in [0, 0.1) is 13.8 Å². The number of aryl methyl sites for hydroxylation is 2. The Bertz CT molecular complexity index is 1010. The fourth-order valence-electron chi connectivity index (χ4n) is 2.53. The van der Waals surface area contributed by atoms with Gasteiger partial charge in [-0.3, -0.25) is 14.9 Å². The number of hydrogen-bond acceptors (Lipinski definition) is 6. The monoisotopic (exact) mass is 378 g/mol. The van der Waals surface area contributed by atoms with Crippen molar-refractivity contribution in [3.63, 3.8) is 0 Å². The first kappa shape index (κ1) is 19.0. The highest BCUT2D eigenvalue weighted by atomic mass is 16.5. The Kier molecular flexibility index (Phi) is 5.59. The lowest BCUT2D eigenvalue weighted by atomic mass is 10.2. The van der Waals surface area contributed by atoms with Crippen molar-refractivity contribution in [2.75, 3.05) is 6.61 Å². The number of imide groups is 1. The molecule has 0 saturated heterocycles. The maximum absolute atomic E-state index is 12.1. The zero-order chi connectivity index (χ0) is 20.1. The van der Waals surface area contributed by atoms with E-state index in [-0.39, 0.29) is 5.56 Å². The first-order valence-corrected chi connectivity index (χ1v) is 8.50. The van der Waals surface area contributed by atoms with Gasteiger partial charge in [0.1, 0.15) is 0 Å². The minimum atomic E-state index is -0.713. The van der Waals surface area contributed by atoms with E-state index >= 15 is 0 Å². The number of pyridine rings is 1. The highest BCUT2D eigenvalue weighted by Gasteiger charge is 2.14. The molecular formula is C20H18N4O4. The SMILES string of the molecule is Cc1cc(C)n(-c2ccc(C(=O)OCC(=O)NC(=O)c3ccccc3)cn2)n1. The van der Waals surface area contributed by atoms with Crippen molar-refractivity contribution in [2.24, 2.45) is 0 Å². The molecule has 0 fully saturated rings. The number of benzene rings is 1. The van der Waals surface area contributed by atoms with Crippen LogP contribution in [-0.4, -0.2) is 39.2 Å². The van der Waals surface area contributed by atoms with E-state index in [4.69, 9.17) is 4.74 Å². The summed E-state index contributed by atoms with van der Waals surface area (Å²) in [5, 5.41) is 6.48. The van der Waals surface area contributed by atoms with Crippen molar-refractivity contribution >= 4 is 17.8 Å². The van der Waals surface area contributed by atoms with Gasteiger partial charge in [-0.25, -0.2) is 14.5 Å². The summed E-state index contributed by atoms with van der Waals surface area (Å²) in [6.45, 7) is 3.21. The summed E-state index contributed by atoms with van der Waals surface area (Å²) in [5.74, 6) is -1.42. The molecule has 0 spiro atoms. The average Bonchev–Trinajstić information content (AvgIpc) is 3.05. The summed E-state index contributed by atoms with van der Waals surface area (Å²) >= 11 is 0. The average molecular weight is 378 g/mol. The zero-order valence-corrected chi connectivity index (χ0v) is 15.4. The largest absolute Gasteiger partial charge is 0.452 e. The van der Waals surface area contributed by atoms with Gasteiger partial charge < -0.3 is 4.74 Å². The third-order valence-electron chi connectivity index (χ3n) is 3.83. The van der Waals surface area contributed by atoms with Gasteiger partial charge in [0.05, 0.1) is 11.3 Å². The van der Waals surface area contributed by atoms with Gasteiger partial charge in [0.2, 0.25) is 0 Å². The molecule has 1 aromatic carbocycles. The third kappa shape index (κ3) is 4.47. The Balaban J connectivity index is 1.55. The van der Waals surface area contributed by atoms with E-state index in [0.29, 0.717) is 11.4 Å². The molecule has 2 aromatic heterocycles. The Labute approximate surface area is 161 Å². The molecule has 0 aliphatic carbocycles. The van der Waals surface area contributed by atoms with Gasteiger partial charge in [-0.05, 0) is 44.2 Å². The number of aromatic nitrogens is 3. The number of hydrogen-bond donors (Lipinski definition) is 1. The van der Waals surface area contributed by atoms with Gasteiger partial charge in [-0.15, -0.1) is 0 Å². The highest BCUT2D eigenvalue weighted by Crippen LogP contribution is 2.11. The van der Waals surface area contributed by atoms with Crippen LogP contribution in [0.2, 0.25) is 0 Å². The van der Waals surface area contributed by atoms with Crippen LogP contribution >= 0.6 is 0 Å². The molecule has 0 aliphatic heterocycles. The zero-order valence-electron chi connectivity index (χ0n) is 15.4. The fourth-order valence-corrected chi connectivity index (χ4v) is 2.53. The van der Waals surface area contributed by atoms with Crippen LogP contribution in [0.4, 0.5) is 0 Å². The van der Waals surface area contributed by atoms with Gasteiger partial charge in [0, 0.05) is 17.5 Å². The van der Waals surface area contributed by atoms with Gasteiger partial charge in [0.15, 0.2) is 12.4 Å². The molecule has 1 N–H and O–H groups in total. The summed E-state index contributed by atoms with van der Waals surface area (Å²) in [6, 6.07) is 13.4. The first-order valence-electron chi connectivity index (χ1n) is 8.50. The van der Waals surface area contributed by atoms with E-state index in [9.17, 15) is 14.4 Å². The maximum Gasteiger partial charge on any atom is 0.340 e. The van der Waals surface area contributed by atoms with E-state index < -0.39 is 24.4 Å². The topological polar surface area (TPSA) is 103 Å². The van der Waals surface area contributed by atoms with E-state index in [1.54, 1.807) is 41.1 Å². The number of nitrogens with one attached hydrogen (secondary N) is 1. The van der Waals surface area contributed by atoms with E-state index in [2.05, 4.69) is 15.4 Å². The molecule has 3 aromatic rings. The van der Waals surface area contributed by atoms with E-state index in [0.717, 1.165) is 11.4 Å². The predicted molar refractivity (Wildman–Crippen MR) is 100 cm³/mol. The summed E-state index contributed by atoms with van der Waals surface area (Å²) < 4.78 is 6.59. The molecule has 28 heavy (non-hydrogen) atoms. The van der Waals surface area contributed by atoms with Crippen molar-refractivity contribution < 1.29 is 19.1 Å². The second-order valence-electron chi connectivity index (χ2n) is 6.06. The molecule has 0 unspecified atom stereocenters. The molecule has 2 amide bonds. The molecule has 0 radical (unpaired) electrons. The number of rotatable bonds is 5. The number of esters is 1. The molecular weight excluding hydrogens is 360 g/mol. The molecule has 2 heterocycles. The Morgan fingerprint density at radius 3 is 2.39 bits per heavy atom. The van der Waals surface area contributed by atoms with Gasteiger partial charge in [0.25, 0.3) is 11.8 Å². The van der Waals surface area contributed by atoms with Crippen LogP contribution in [0.3, 0.4) is 0 Å². The number of carbonyl (C=O) groups is 3. The Hall–Kier alpha value is -3.81. The van der Waals surface area contributed by atoms with Crippen molar-refractivity contribution in [1.29, 1.82) is 0 Å². The number of carbonyl (C=O) groups excluding carboxylic acids is 3. The second-order valence-corrected chi connectivity index (χ2v) is 6.06. The van der Waals surface area contributed by atoms with Crippen LogP contribution in [0.25, 0.3) is 5.82 Å². The molecule has 0 bridgehead atoms. The number of amides is 2. The summed E-state index contributed by atoms with van der Waals surface area (Å²) in [7, 11) is 0. The lowest BCUT2D eigenvalue weighted by Gasteiger charge is -2.07. The van der Waals surface area contributed by atoms with Crippen molar-refractivity contribution in [1.82, 2.24) is 20.1 Å². The lowest BCUT2D eigenvalue weighted by Crippen LogP contribution is -2.34. The van der Waals surface area contributed by atoms with Crippen LogP contribution < -0.4 is 5.32 Å². The van der Waals surface area contributed by atoms with Crippen molar-refractivity contribution in [2.45, 2.75) is 13.8 Å². The summed E-state index contributed by atoms with van der Waals surface area (Å²) in [4.78, 5) is 40.0. The standard InChI is InChI=1S/C20H18N4O4/c1-13-10-14(2)24(23-13)17-9-8-16(11-21-17)20(27)28-12-18(25)22-19(26)15-6-4-3-5-7-15/h3-11H,12H2,1-2H3,(H,22,25,26). The minimum Gasteiger partial charge on any atom is -0.452 e. The van der Waals surface area contributed by atoms with Crippen LogP contribution in [0.15, 0.2) is 54.7 Å². The minimum absolute atomic E-state index is 0.187. The van der Waals surface area contributed by atoms with Crippen LogP contribution in [0.1, 0.15) is 32.1 Å². The van der Waals surface area contributed by atoms with Gasteiger partial charge in [-0.1, -0.05) is 18.2 Å². The predicted octanol–water partition coefficient (Wildman–Crippen LogP) is 2.00. The van der Waals surface area contributed by atoms with E-state index in [1.807, 2.05) is 19.9 Å². The molecule has 0 saturated carbocycles. The van der Waals surface area contributed by atoms with Gasteiger partial charge >= 0.3 is 5.97 Å². The fraction of sp³-hybridized carbons (Fsp3) is 0.150. The van der Waals surface area contributed by atoms with Crippen LogP contribution in [-0.2, 0) is 9.53 Å². The molecule has 8 heteroatoms. The quantitative estimate of drug-likeness (QED) is 0.681. The van der Waals surface area contributed by atoms with Crippen LogP contribution in [0.5, 0.6) is 0 Å². The number of ether oxygens (including phenoxy) is 1. The molecule has 142 valence electrons. The first-order chi connectivity index (χ1) is 13.4. The molecule has 3 rings (SSSR count). The molecule has 8 nitrogen and oxygen atoms in total. The lowest BCUT2D eigenvalue weighted by molar-refractivity contribution is -0.123. The Morgan fingerprint density at radius 2 is 1.79 bits per heavy atom. The summed E-state index contributed by atoms with van der Waals surface area (Å²) in [5.41, 5.74) is 2.30. The highest BCUT2D eigenvalue weighted by molar-refractivity contribution is 6.05. The normalized spacial score (nSPS) is 10.4. The second kappa shape index (κ2) is 8.26.